The van der Waals surface area contributed by atoms with Crippen molar-refractivity contribution in [2.45, 2.75) is 9.79 Å². The van der Waals surface area contributed by atoms with Gasteiger partial charge in [-0.05, 0) is 35.0 Å². The lowest BCUT2D eigenvalue weighted by Gasteiger charge is -2.09. The van der Waals surface area contributed by atoms with Gasteiger partial charge in [0.05, 0.1) is 9.52 Å². The molecule has 0 amide bonds. The van der Waals surface area contributed by atoms with Gasteiger partial charge in [0.2, 0.25) is 0 Å². The molecule has 2 rings (SSSR count). The second-order valence-electron chi connectivity index (χ2n) is 3.80. The summed E-state index contributed by atoms with van der Waals surface area (Å²) in [6.45, 7) is 0. The first-order chi connectivity index (χ1) is 8.35. The fourth-order valence-electron chi connectivity index (χ4n) is 1.90. The molecule has 0 aromatic heterocycles. The fourth-order valence-corrected chi connectivity index (χ4v) is 5.79. The summed E-state index contributed by atoms with van der Waals surface area (Å²) in [5.74, 6) is 0. The van der Waals surface area contributed by atoms with E-state index in [-0.39, 0.29) is 9.52 Å². The Kier molecular flexibility index (Phi) is 4.77. The predicted molar refractivity (Wildman–Crippen MR) is 84.3 cm³/mol. The van der Waals surface area contributed by atoms with E-state index < -0.39 is 0 Å². The lowest BCUT2D eigenvalue weighted by atomic mass is 10.4. The van der Waals surface area contributed by atoms with E-state index in [2.05, 4.69) is 61.0 Å². The number of rotatable bonds is 4. The van der Waals surface area contributed by atoms with Crippen molar-refractivity contribution in [3.63, 3.8) is 0 Å². The molecule has 0 unspecified atom stereocenters. The molecule has 0 saturated carbocycles. The molecule has 2 aromatic carbocycles. The predicted octanol–water partition coefficient (Wildman–Crippen LogP) is 2.25. The van der Waals surface area contributed by atoms with Crippen molar-refractivity contribution in [2.75, 3.05) is 12.5 Å². The second kappa shape index (κ2) is 6.33. The molecular formula is C14H16S2Si. The van der Waals surface area contributed by atoms with Crippen LogP contribution in [0.1, 0.15) is 0 Å². The Balaban J connectivity index is 2.31. The molecule has 0 saturated heterocycles. The average molecular weight is 277 g/mol. The van der Waals surface area contributed by atoms with E-state index >= 15 is 0 Å². The van der Waals surface area contributed by atoms with Crippen LogP contribution in [0.3, 0.4) is 0 Å². The second-order valence-corrected chi connectivity index (χ2v) is 7.37. The van der Waals surface area contributed by atoms with E-state index in [4.69, 9.17) is 0 Å². The van der Waals surface area contributed by atoms with Crippen molar-refractivity contribution in [1.29, 1.82) is 0 Å². The molecule has 0 nitrogen and oxygen atoms in total. The third kappa shape index (κ3) is 3.18. The lowest BCUT2D eigenvalue weighted by Crippen LogP contribution is -2.29. The molecule has 0 bridgehead atoms. The maximum absolute atomic E-state index is 2.29. The van der Waals surface area contributed by atoms with Gasteiger partial charge in [-0.2, -0.15) is 0 Å². The van der Waals surface area contributed by atoms with Gasteiger partial charge in [-0.1, -0.05) is 36.4 Å². The van der Waals surface area contributed by atoms with Crippen LogP contribution in [-0.4, -0.2) is 22.0 Å². The van der Waals surface area contributed by atoms with Crippen LogP contribution in [0.5, 0.6) is 0 Å². The Morgan fingerprint density at radius 1 is 0.706 bits per heavy atom. The minimum atomic E-state index is -0.356. The van der Waals surface area contributed by atoms with Crippen LogP contribution in [0, 0.1) is 0 Å². The summed E-state index contributed by atoms with van der Waals surface area (Å²) in [5.41, 5.74) is 0. The highest BCUT2D eigenvalue weighted by molar-refractivity contribution is 7.99. The SMILES string of the molecule is CSc1ccccc1[SiH2]c1ccccc1SC. The molecule has 0 spiro atoms. The van der Waals surface area contributed by atoms with Crippen molar-refractivity contribution in [3.05, 3.63) is 48.5 Å². The highest BCUT2D eigenvalue weighted by atomic mass is 32.2. The van der Waals surface area contributed by atoms with Gasteiger partial charge in [0, 0.05) is 9.79 Å². The third-order valence-electron chi connectivity index (χ3n) is 2.77. The van der Waals surface area contributed by atoms with Gasteiger partial charge in [-0.15, -0.1) is 23.5 Å². The van der Waals surface area contributed by atoms with Crippen LogP contribution in [0.4, 0.5) is 0 Å². The minimum absolute atomic E-state index is 0.356. The summed E-state index contributed by atoms with van der Waals surface area (Å²) < 4.78 is 0. The first-order valence-electron chi connectivity index (χ1n) is 5.59. The van der Waals surface area contributed by atoms with Gasteiger partial charge < -0.3 is 0 Å². The molecule has 0 N–H and O–H groups in total. The zero-order chi connectivity index (χ0) is 12.1. The first-order valence-corrected chi connectivity index (χ1v) is 9.45. The Morgan fingerprint density at radius 3 is 1.53 bits per heavy atom. The molecule has 3 heteroatoms. The number of benzene rings is 2. The summed E-state index contributed by atoms with van der Waals surface area (Å²) >= 11 is 3.71. The van der Waals surface area contributed by atoms with Crippen molar-refractivity contribution in [2.24, 2.45) is 0 Å². The molecule has 0 atom stereocenters. The van der Waals surface area contributed by atoms with Crippen LogP contribution in [-0.2, 0) is 0 Å². The first kappa shape index (κ1) is 12.8. The molecule has 0 aliphatic rings. The zero-order valence-electron chi connectivity index (χ0n) is 10.1. The van der Waals surface area contributed by atoms with Gasteiger partial charge in [-0.3, -0.25) is 0 Å². The van der Waals surface area contributed by atoms with Crippen molar-refractivity contribution in [3.8, 4) is 0 Å². The van der Waals surface area contributed by atoms with E-state index in [1.165, 1.54) is 9.79 Å². The quantitative estimate of drug-likeness (QED) is 0.620. The van der Waals surface area contributed by atoms with Crippen LogP contribution in [0.25, 0.3) is 0 Å². The van der Waals surface area contributed by atoms with E-state index in [9.17, 15) is 0 Å². The van der Waals surface area contributed by atoms with Crippen LogP contribution >= 0.6 is 23.5 Å². The standard InChI is InChI=1S/C14H16S2Si/c1-15-11-7-3-5-9-13(11)17-14-10-6-4-8-12(14)16-2/h3-10H,17H2,1-2H3. The number of hydrogen-bond donors (Lipinski definition) is 0. The van der Waals surface area contributed by atoms with Crippen molar-refractivity contribution >= 4 is 43.4 Å². The zero-order valence-corrected chi connectivity index (χ0v) is 13.2. The molecule has 0 aliphatic heterocycles. The van der Waals surface area contributed by atoms with Gasteiger partial charge in [0.1, 0.15) is 0 Å². The molecule has 88 valence electrons. The van der Waals surface area contributed by atoms with Crippen molar-refractivity contribution in [1.82, 2.24) is 0 Å². The summed E-state index contributed by atoms with van der Waals surface area (Å²) in [5, 5.41) is 3.11. The van der Waals surface area contributed by atoms with Crippen LogP contribution in [0.2, 0.25) is 0 Å². The minimum Gasteiger partial charge on any atom is -0.130 e. The van der Waals surface area contributed by atoms with Gasteiger partial charge in [0.25, 0.3) is 0 Å². The maximum atomic E-state index is 2.29. The van der Waals surface area contributed by atoms with Crippen molar-refractivity contribution < 1.29 is 0 Å². The summed E-state index contributed by atoms with van der Waals surface area (Å²) in [4.78, 5) is 2.88. The van der Waals surface area contributed by atoms with Gasteiger partial charge in [-0.25, -0.2) is 0 Å². The monoisotopic (exact) mass is 276 g/mol. The van der Waals surface area contributed by atoms with E-state index in [0.717, 1.165) is 0 Å². The number of thioether (sulfide) groups is 2. The largest absolute Gasteiger partial charge is 0.130 e. The Hall–Kier alpha value is -0.643. The molecule has 0 aliphatic carbocycles. The van der Waals surface area contributed by atoms with E-state index in [0.29, 0.717) is 0 Å². The lowest BCUT2D eigenvalue weighted by molar-refractivity contribution is 1.50. The highest BCUT2D eigenvalue weighted by Gasteiger charge is 2.05. The van der Waals surface area contributed by atoms with Crippen LogP contribution < -0.4 is 10.4 Å². The Morgan fingerprint density at radius 2 is 1.12 bits per heavy atom. The van der Waals surface area contributed by atoms with E-state index in [1.807, 2.05) is 23.5 Å². The molecule has 2 aromatic rings. The topological polar surface area (TPSA) is 0 Å². The Labute approximate surface area is 114 Å². The summed E-state index contributed by atoms with van der Waals surface area (Å²) in [6, 6.07) is 17.6. The summed E-state index contributed by atoms with van der Waals surface area (Å²) in [7, 11) is -0.356. The third-order valence-corrected chi connectivity index (χ3v) is 6.95. The molecule has 17 heavy (non-hydrogen) atoms. The van der Waals surface area contributed by atoms with Crippen LogP contribution in [0.15, 0.2) is 58.3 Å². The summed E-state index contributed by atoms with van der Waals surface area (Å²) in [6.07, 6.45) is 4.32. The molecular weight excluding hydrogens is 260 g/mol. The normalized spacial score (nSPS) is 10.5. The van der Waals surface area contributed by atoms with Gasteiger partial charge in [0.15, 0.2) is 0 Å². The van der Waals surface area contributed by atoms with E-state index in [1.54, 1.807) is 10.4 Å². The average Bonchev–Trinajstić information content (AvgIpc) is 2.40. The van der Waals surface area contributed by atoms with Gasteiger partial charge >= 0.3 is 0 Å². The molecule has 0 fully saturated rings. The molecule has 0 heterocycles. The maximum Gasteiger partial charge on any atom is 0.0904 e. The highest BCUT2D eigenvalue weighted by Crippen LogP contribution is 2.13. The Bertz CT molecular complexity index is 452. The fraction of sp³-hybridized carbons (Fsp3) is 0.143. The molecule has 0 radical (unpaired) electrons. The number of hydrogen-bond acceptors (Lipinski definition) is 2. The smallest absolute Gasteiger partial charge is 0.0904 e.